The molecule has 78 valence electrons. The van der Waals surface area contributed by atoms with Gasteiger partial charge in [-0.3, -0.25) is 0 Å². The Bertz CT molecular complexity index is 306. The van der Waals surface area contributed by atoms with Crippen molar-refractivity contribution >= 4 is 6.01 Å². The van der Waals surface area contributed by atoms with Crippen molar-refractivity contribution in [1.82, 2.24) is 15.5 Å². The fraction of sp³-hybridized carbons (Fsp3) is 0.778. The number of anilines is 1. The third-order valence-corrected chi connectivity index (χ3v) is 2.56. The molecular weight excluding hydrogens is 180 g/mol. The molecule has 0 bridgehead atoms. The molecule has 0 aromatic carbocycles. The van der Waals surface area contributed by atoms with Crippen LogP contribution in [-0.2, 0) is 6.54 Å². The van der Waals surface area contributed by atoms with Crippen LogP contribution < -0.4 is 10.6 Å². The Kier molecular flexibility index (Phi) is 2.41. The Balaban J connectivity index is 1.83. The predicted molar refractivity (Wildman–Crippen MR) is 52.9 cm³/mol. The van der Waals surface area contributed by atoms with Gasteiger partial charge in [0.2, 0.25) is 5.89 Å². The number of hydrogen-bond donors (Lipinski definition) is 2. The first-order chi connectivity index (χ1) is 6.72. The standard InChI is InChI=1S/C9H16N4O/c1-9(3-4-9)6-11-8-13-12-7(14-8)5-10-2/h10H,3-6H2,1-2H3,(H,11,13). The second kappa shape index (κ2) is 3.57. The monoisotopic (exact) mass is 196 g/mol. The highest BCUT2D eigenvalue weighted by atomic mass is 16.4. The molecule has 0 unspecified atom stereocenters. The summed E-state index contributed by atoms with van der Waals surface area (Å²) in [7, 11) is 1.85. The molecule has 0 saturated heterocycles. The fourth-order valence-electron chi connectivity index (χ4n) is 1.23. The van der Waals surface area contributed by atoms with Crippen molar-refractivity contribution in [3.05, 3.63) is 5.89 Å². The number of nitrogens with one attached hydrogen (secondary N) is 2. The first-order valence-electron chi connectivity index (χ1n) is 4.93. The minimum Gasteiger partial charge on any atom is -0.407 e. The second-order valence-corrected chi connectivity index (χ2v) is 4.20. The predicted octanol–water partition coefficient (Wildman–Crippen LogP) is 1.00. The van der Waals surface area contributed by atoms with Crippen molar-refractivity contribution in [3.8, 4) is 0 Å². The second-order valence-electron chi connectivity index (χ2n) is 4.20. The Morgan fingerprint density at radius 2 is 2.21 bits per heavy atom. The van der Waals surface area contributed by atoms with Crippen molar-refractivity contribution in [3.63, 3.8) is 0 Å². The Hall–Kier alpha value is -1.10. The third-order valence-electron chi connectivity index (χ3n) is 2.56. The van der Waals surface area contributed by atoms with Gasteiger partial charge in [0.05, 0.1) is 6.54 Å². The topological polar surface area (TPSA) is 63.0 Å². The molecule has 1 aliphatic rings. The van der Waals surface area contributed by atoms with Gasteiger partial charge in [-0.25, -0.2) is 0 Å². The summed E-state index contributed by atoms with van der Waals surface area (Å²) in [6.07, 6.45) is 2.58. The minimum absolute atomic E-state index is 0.456. The van der Waals surface area contributed by atoms with Crippen LogP contribution >= 0.6 is 0 Å². The molecule has 1 aliphatic carbocycles. The van der Waals surface area contributed by atoms with Gasteiger partial charge in [-0.15, -0.1) is 5.10 Å². The zero-order chi connectivity index (χ0) is 10.0. The van der Waals surface area contributed by atoms with Crippen LogP contribution in [0.15, 0.2) is 4.42 Å². The van der Waals surface area contributed by atoms with Gasteiger partial charge in [0, 0.05) is 6.54 Å². The summed E-state index contributed by atoms with van der Waals surface area (Å²) in [5, 5.41) is 13.9. The molecule has 5 heteroatoms. The third kappa shape index (κ3) is 2.23. The molecule has 0 radical (unpaired) electrons. The maximum Gasteiger partial charge on any atom is 0.315 e. The highest BCUT2D eigenvalue weighted by Gasteiger charge is 2.37. The molecule has 0 amide bonds. The van der Waals surface area contributed by atoms with Gasteiger partial charge in [-0.2, -0.15) is 0 Å². The smallest absolute Gasteiger partial charge is 0.315 e. The van der Waals surface area contributed by atoms with Crippen LogP contribution in [0.1, 0.15) is 25.7 Å². The summed E-state index contributed by atoms with van der Waals surface area (Å²) in [6.45, 7) is 3.80. The first-order valence-corrected chi connectivity index (χ1v) is 4.93. The van der Waals surface area contributed by atoms with Gasteiger partial charge in [0.1, 0.15) is 0 Å². The molecule has 2 rings (SSSR count). The van der Waals surface area contributed by atoms with Crippen molar-refractivity contribution in [2.45, 2.75) is 26.3 Å². The molecule has 2 N–H and O–H groups in total. The van der Waals surface area contributed by atoms with Crippen molar-refractivity contribution in [2.24, 2.45) is 5.41 Å². The Labute approximate surface area is 83.3 Å². The zero-order valence-electron chi connectivity index (χ0n) is 8.63. The summed E-state index contributed by atoms with van der Waals surface area (Å²) in [5.41, 5.74) is 0.456. The van der Waals surface area contributed by atoms with E-state index in [0.29, 0.717) is 23.9 Å². The van der Waals surface area contributed by atoms with Gasteiger partial charge in [-0.1, -0.05) is 12.0 Å². The molecule has 1 aromatic rings. The summed E-state index contributed by atoms with van der Waals surface area (Å²) < 4.78 is 5.35. The lowest BCUT2D eigenvalue weighted by Crippen LogP contribution is -2.11. The van der Waals surface area contributed by atoms with E-state index >= 15 is 0 Å². The van der Waals surface area contributed by atoms with E-state index in [4.69, 9.17) is 4.42 Å². The van der Waals surface area contributed by atoms with Crippen molar-refractivity contribution in [2.75, 3.05) is 18.9 Å². The van der Waals surface area contributed by atoms with E-state index in [2.05, 4.69) is 27.8 Å². The maximum absolute atomic E-state index is 5.35. The molecule has 1 heterocycles. The SMILES string of the molecule is CNCc1nnc(NCC2(C)CC2)o1. The summed E-state index contributed by atoms with van der Waals surface area (Å²) >= 11 is 0. The van der Waals surface area contributed by atoms with Crippen molar-refractivity contribution in [1.29, 1.82) is 0 Å². The number of aromatic nitrogens is 2. The quantitative estimate of drug-likeness (QED) is 0.735. The summed E-state index contributed by atoms with van der Waals surface area (Å²) in [4.78, 5) is 0. The lowest BCUT2D eigenvalue weighted by molar-refractivity contribution is 0.483. The van der Waals surface area contributed by atoms with Crippen LogP contribution in [0.3, 0.4) is 0 Å². The highest BCUT2D eigenvalue weighted by Crippen LogP contribution is 2.44. The molecule has 0 atom stereocenters. The number of nitrogens with zero attached hydrogens (tertiary/aromatic N) is 2. The van der Waals surface area contributed by atoms with E-state index in [1.165, 1.54) is 12.8 Å². The van der Waals surface area contributed by atoms with E-state index in [9.17, 15) is 0 Å². The maximum atomic E-state index is 5.35. The fourth-order valence-corrected chi connectivity index (χ4v) is 1.23. The summed E-state index contributed by atoms with van der Waals surface area (Å²) in [5.74, 6) is 0.621. The van der Waals surface area contributed by atoms with Crippen LogP contribution in [0, 0.1) is 5.41 Å². The van der Waals surface area contributed by atoms with E-state index in [1.54, 1.807) is 0 Å². The van der Waals surface area contributed by atoms with Crippen LogP contribution in [0.25, 0.3) is 0 Å². The van der Waals surface area contributed by atoms with Crippen LogP contribution in [-0.4, -0.2) is 23.8 Å². The highest BCUT2D eigenvalue weighted by molar-refractivity contribution is 5.19. The van der Waals surface area contributed by atoms with Crippen LogP contribution in [0.4, 0.5) is 6.01 Å². The molecule has 1 aromatic heterocycles. The van der Waals surface area contributed by atoms with Crippen LogP contribution in [0.2, 0.25) is 0 Å². The lowest BCUT2D eigenvalue weighted by atomic mass is 10.1. The molecule has 14 heavy (non-hydrogen) atoms. The molecule has 5 nitrogen and oxygen atoms in total. The van der Waals surface area contributed by atoms with Gasteiger partial charge in [-0.05, 0) is 25.3 Å². The van der Waals surface area contributed by atoms with Crippen LogP contribution in [0.5, 0.6) is 0 Å². The largest absolute Gasteiger partial charge is 0.407 e. The Morgan fingerprint density at radius 3 is 2.86 bits per heavy atom. The first kappa shape index (κ1) is 9.45. The van der Waals surface area contributed by atoms with E-state index in [0.717, 1.165) is 6.54 Å². The van der Waals surface area contributed by atoms with Gasteiger partial charge in [0.15, 0.2) is 0 Å². The molecule has 1 fully saturated rings. The van der Waals surface area contributed by atoms with E-state index in [-0.39, 0.29) is 0 Å². The van der Waals surface area contributed by atoms with Gasteiger partial charge >= 0.3 is 6.01 Å². The minimum atomic E-state index is 0.456. The van der Waals surface area contributed by atoms with E-state index in [1.807, 2.05) is 7.05 Å². The Morgan fingerprint density at radius 1 is 1.43 bits per heavy atom. The molecule has 0 spiro atoms. The molecule has 0 aliphatic heterocycles. The molecular formula is C9H16N4O. The average Bonchev–Trinajstić information content (AvgIpc) is 2.74. The number of rotatable bonds is 5. The zero-order valence-corrected chi connectivity index (χ0v) is 8.63. The molecule has 1 saturated carbocycles. The van der Waals surface area contributed by atoms with Crippen molar-refractivity contribution < 1.29 is 4.42 Å². The lowest BCUT2D eigenvalue weighted by Gasteiger charge is -2.06. The number of hydrogen-bond acceptors (Lipinski definition) is 5. The summed E-state index contributed by atoms with van der Waals surface area (Å²) in [6, 6.07) is 0.531. The van der Waals surface area contributed by atoms with Gasteiger partial charge < -0.3 is 15.1 Å². The van der Waals surface area contributed by atoms with E-state index < -0.39 is 0 Å². The normalized spacial score (nSPS) is 18.1. The van der Waals surface area contributed by atoms with Gasteiger partial charge in [0.25, 0.3) is 0 Å². The average molecular weight is 196 g/mol.